The van der Waals surface area contributed by atoms with E-state index in [1.165, 1.54) is 11.3 Å². The Morgan fingerprint density at radius 3 is 3.04 bits per heavy atom. The molecular formula is C18H24N4O. The highest BCUT2D eigenvalue weighted by Crippen LogP contribution is 2.29. The number of aromatic nitrogens is 2. The molecule has 1 aromatic carbocycles. The van der Waals surface area contributed by atoms with Gasteiger partial charge in [-0.25, -0.2) is 0 Å². The van der Waals surface area contributed by atoms with Gasteiger partial charge in [0.05, 0.1) is 6.54 Å². The highest BCUT2D eigenvalue weighted by atomic mass is 16.2. The van der Waals surface area contributed by atoms with Gasteiger partial charge in [-0.05, 0) is 43.9 Å². The van der Waals surface area contributed by atoms with Gasteiger partial charge in [-0.3, -0.25) is 9.48 Å². The lowest BCUT2D eigenvalue weighted by Gasteiger charge is -2.36. The normalized spacial score (nSPS) is 16.9. The Labute approximate surface area is 137 Å². The Morgan fingerprint density at radius 1 is 1.35 bits per heavy atom. The van der Waals surface area contributed by atoms with E-state index in [-0.39, 0.29) is 5.91 Å². The van der Waals surface area contributed by atoms with Gasteiger partial charge in [0.25, 0.3) is 0 Å². The molecule has 2 aromatic rings. The zero-order valence-corrected chi connectivity index (χ0v) is 13.6. The van der Waals surface area contributed by atoms with Crippen molar-refractivity contribution in [1.29, 1.82) is 0 Å². The second kappa shape index (κ2) is 7.31. The van der Waals surface area contributed by atoms with Gasteiger partial charge in [-0.2, -0.15) is 5.10 Å². The molecule has 1 aliphatic heterocycles. The fraction of sp³-hybridized carbons (Fsp3) is 0.444. The molecule has 0 bridgehead atoms. The molecule has 1 aliphatic rings. The number of anilines is 1. The predicted octanol–water partition coefficient (Wildman–Crippen LogP) is 2.23. The fourth-order valence-corrected chi connectivity index (χ4v) is 3.11. The van der Waals surface area contributed by atoms with Gasteiger partial charge >= 0.3 is 0 Å². The first-order chi connectivity index (χ1) is 11.2. The van der Waals surface area contributed by atoms with Crippen molar-refractivity contribution in [2.45, 2.75) is 38.8 Å². The summed E-state index contributed by atoms with van der Waals surface area (Å²) in [5.41, 5.74) is 2.55. The molecule has 2 heterocycles. The zero-order valence-electron chi connectivity index (χ0n) is 13.6. The quantitative estimate of drug-likeness (QED) is 0.832. The Hall–Kier alpha value is -2.30. The van der Waals surface area contributed by atoms with Crippen molar-refractivity contribution in [2.24, 2.45) is 0 Å². The van der Waals surface area contributed by atoms with Crippen LogP contribution in [0.1, 0.15) is 25.3 Å². The van der Waals surface area contributed by atoms with Crippen molar-refractivity contribution in [3.63, 3.8) is 0 Å². The van der Waals surface area contributed by atoms with Crippen LogP contribution in [0.4, 0.5) is 5.69 Å². The van der Waals surface area contributed by atoms with E-state index in [9.17, 15) is 4.79 Å². The number of rotatable bonds is 6. The van der Waals surface area contributed by atoms with Gasteiger partial charge in [-0.1, -0.05) is 18.2 Å². The van der Waals surface area contributed by atoms with Gasteiger partial charge in [-0.15, -0.1) is 0 Å². The van der Waals surface area contributed by atoms with Crippen LogP contribution >= 0.6 is 0 Å². The average molecular weight is 312 g/mol. The lowest BCUT2D eigenvalue weighted by atomic mass is 9.97. The highest BCUT2D eigenvalue weighted by Gasteiger charge is 2.24. The standard InChI is InChI=1S/C18H24N4O/c1-15-8-9-16-6-2-3-7-17(16)22(15)14-18(23)19-10-4-12-21-13-5-11-20-21/h2-3,5-7,11,13,15H,4,8-10,12,14H2,1H3,(H,19,23). The van der Waals surface area contributed by atoms with Crippen molar-refractivity contribution in [2.75, 3.05) is 18.0 Å². The molecule has 1 aromatic heterocycles. The van der Waals surface area contributed by atoms with Crippen LogP contribution in [0.15, 0.2) is 42.7 Å². The minimum absolute atomic E-state index is 0.0917. The molecule has 0 radical (unpaired) electrons. The summed E-state index contributed by atoms with van der Waals surface area (Å²) in [5, 5.41) is 7.18. The monoisotopic (exact) mass is 312 g/mol. The Morgan fingerprint density at radius 2 is 2.22 bits per heavy atom. The number of fused-ring (bicyclic) bond motifs is 1. The van der Waals surface area contributed by atoms with E-state index in [1.807, 2.05) is 23.0 Å². The number of carbonyl (C=O) groups excluding carboxylic acids is 1. The molecule has 3 rings (SSSR count). The summed E-state index contributed by atoms with van der Waals surface area (Å²) in [6, 6.07) is 10.7. The van der Waals surface area contributed by atoms with E-state index in [0.29, 0.717) is 19.1 Å². The minimum atomic E-state index is 0.0917. The van der Waals surface area contributed by atoms with Crippen LogP contribution in [0.5, 0.6) is 0 Å². The van der Waals surface area contributed by atoms with Crippen LogP contribution < -0.4 is 10.2 Å². The average Bonchev–Trinajstić information content (AvgIpc) is 3.08. The van der Waals surface area contributed by atoms with Crippen molar-refractivity contribution in [1.82, 2.24) is 15.1 Å². The summed E-state index contributed by atoms with van der Waals surface area (Å²) < 4.78 is 1.88. The third kappa shape index (κ3) is 3.92. The van der Waals surface area contributed by atoms with Crippen LogP contribution in [0.2, 0.25) is 0 Å². The number of benzene rings is 1. The topological polar surface area (TPSA) is 50.2 Å². The number of carbonyl (C=O) groups is 1. The van der Waals surface area contributed by atoms with Gasteiger partial charge < -0.3 is 10.2 Å². The second-order valence-electron chi connectivity index (χ2n) is 6.12. The largest absolute Gasteiger partial charge is 0.359 e. The molecule has 5 heteroatoms. The van der Waals surface area contributed by atoms with Crippen LogP contribution in [-0.4, -0.2) is 34.8 Å². The van der Waals surface area contributed by atoms with E-state index < -0.39 is 0 Å². The Kier molecular flexibility index (Phi) is 4.95. The number of para-hydroxylation sites is 1. The molecule has 0 aliphatic carbocycles. The number of nitrogens with zero attached hydrogens (tertiary/aromatic N) is 3. The van der Waals surface area contributed by atoms with Gasteiger partial charge in [0.15, 0.2) is 0 Å². The molecule has 5 nitrogen and oxygen atoms in total. The third-order valence-corrected chi connectivity index (χ3v) is 4.42. The first-order valence-electron chi connectivity index (χ1n) is 8.33. The fourth-order valence-electron chi connectivity index (χ4n) is 3.11. The second-order valence-corrected chi connectivity index (χ2v) is 6.12. The van der Waals surface area contributed by atoms with Crippen molar-refractivity contribution >= 4 is 11.6 Å². The molecule has 1 amide bonds. The van der Waals surface area contributed by atoms with E-state index in [4.69, 9.17) is 0 Å². The van der Waals surface area contributed by atoms with Gasteiger partial charge in [0, 0.05) is 37.2 Å². The van der Waals surface area contributed by atoms with E-state index >= 15 is 0 Å². The summed E-state index contributed by atoms with van der Waals surface area (Å²) >= 11 is 0. The van der Waals surface area contributed by atoms with E-state index in [1.54, 1.807) is 6.20 Å². The maximum atomic E-state index is 12.3. The summed E-state index contributed by atoms with van der Waals surface area (Å²) in [5.74, 6) is 0.0917. The maximum Gasteiger partial charge on any atom is 0.239 e. The lowest BCUT2D eigenvalue weighted by Crippen LogP contribution is -2.44. The lowest BCUT2D eigenvalue weighted by molar-refractivity contribution is -0.119. The first kappa shape index (κ1) is 15.6. The molecule has 0 fully saturated rings. The SMILES string of the molecule is CC1CCc2ccccc2N1CC(=O)NCCCn1cccn1. The van der Waals surface area contributed by atoms with E-state index in [2.05, 4.69) is 40.4 Å². The molecule has 23 heavy (non-hydrogen) atoms. The third-order valence-electron chi connectivity index (χ3n) is 4.42. The Bertz CT molecular complexity index is 638. The molecule has 1 unspecified atom stereocenters. The molecule has 1 N–H and O–H groups in total. The molecule has 122 valence electrons. The summed E-state index contributed by atoms with van der Waals surface area (Å²) in [4.78, 5) is 14.5. The van der Waals surface area contributed by atoms with Gasteiger partial charge in [0.1, 0.15) is 0 Å². The van der Waals surface area contributed by atoms with Crippen molar-refractivity contribution in [3.8, 4) is 0 Å². The number of aryl methyl sites for hydroxylation is 2. The molecular weight excluding hydrogens is 288 g/mol. The molecule has 0 saturated carbocycles. The maximum absolute atomic E-state index is 12.3. The first-order valence-corrected chi connectivity index (χ1v) is 8.33. The zero-order chi connectivity index (χ0) is 16.1. The highest BCUT2D eigenvalue weighted by molar-refractivity contribution is 5.82. The van der Waals surface area contributed by atoms with Crippen molar-refractivity contribution < 1.29 is 4.79 Å². The minimum Gasteiger partial charge on any atom is -0.359 e. The number of hydrogen-bond acceptors (Lipinski definition) is 3. The van der Waals surface area contributed by atoms with Crippen molar-refractivity contribution in [3.05, 3.63) is 48.3 Å². The summed E-state index contributed by atoms with van der Waals surface area (Å²) in [7, 11) is 0. The van der Waals surface area contributed by atoms with E-state index in [0.717, 1.165) is 25.8 Å². The van der Waals surface area contributed by atoms with Crippen LogP contribution in [0.3, 0.4) is 0 Å². The van der Waals surface area contributed by atoms with Crippen LogP contribution in [0.25, 0.3) is 0 Å². The molecule has 1 atom stereocenters. The number of nitrogens with one attached hydrogen (secondary N) is 1. The summed E-state index contributed by atoms with van der Waals surface area (Å²) in [6.07, 6.45) is 6.80. The smallest absolute Gasteiger partial charge is 0.239 e. The molecule has 0 saturated heterocycles. The van der Waals surface area contributed by atoms with Crippen LogP contribution in [0, 0.1) is 0 Å². The van der Waals surface area contributed by atoms with Crippen LogP contribution in [-0.2, 0) is 17.8 Å². The Balaban J connectivity index is 1.49. The predicted molar refractivity (Wildman–Crippen MR) is 91.4 cm³/mol. The van der Waals surface area contributed by atoms with Gasteiger partial charge in [0.2, 0.25) is 5.91 Å². The molecule has 0 spiro atoms. The number of amides is 1. The number of hydrogen-bond donors (Lipinski definition) is 1. The summed E-state index contributed by atoms with van der Waals surface area (Å²) in [6.45, 7) is 4.14.